The number of hydrazone groups is 1. The smallest absolute Gasteiger partial charge is 0.301 e. The van der Waals surface area contributed by atoms with Gasteiger partial charge in [0.2, 0.25) is 0 Å². The quantitative estimate of drug-likeness (QED) is 0.311. The summed E-state index contributed by atoms with van der Waals surface area (Å²) in [6.07, 6.45) is 1.34. The lowest BCUT2D eigenvalue weighted by atomic mass is 10.2. The largest absolute Gasteiger partial charge is 0.448 e. The molecule has 0 fully saturated rings. The molecule has 3 aromatic rings. The first-order valence-corrected chi connectivity index (χ1v) is 8.87. The number of hydrogen-bond donors (Lipinski definition) is 1. The van der Waals surface area contributed by atoms with Crippen LogP contribution in [0, 0.1) is 20.2 Å². The molecule has 0 amide bonds. The molecule has 3 rings (SSSR count). The highest BCUT2D eigenvalue weighted by Gasteiger charge is 2.19. The molecule has 0 radical (unpaired) electrons. The molecule has 1 heterocycles. The summed E-state index contributed by atoms with van der Waals surface area (Å²) in [4.78, 5) is 21.4. The molecule has 1 aromatic heterocycles. The minimum absolute atomic E-state index is 0.0224. The van der Waals surface area contributed by atoms with Crippen molar-refractivity contribution in [2.45, 2.75) is 9.99 Å². The van der Waals surface area contributed by atoms with E-state index in [1.54, 1.807) is 24.3 Å². The number of non-ortho nitro benzene ring substituents is 1. The predicted molar refractivity (Wildman–Crippen MR) is 105 cm³/mol. The third-order valence-corrected chi connectivity index (χ3v) is 4.58. The van der Waals surface area contributed by atoms with Crippen LogP contribution in [0.15, 0.2) is 74.1 Å². The van der Waals surface area contributed by atoms with Gasteiger partial charge in [0, 0.05) is 16.0 Å². The number of nitro groups is 2. The molecule has 0 unspecified atom stereocenters. The molecular formula is C17H11ClN4O5S. The van der Waals surface area contributed by atoms with Gasteiger partial charge < -0.3 is 4.42 Å². The van der Waals surface area contributed by atoms with Crippen molar-refractivity contribution in [1.82, 2.24) is 0 Å². The van der Waals surface area contributed by atoms with Crippen LogP contribution in [-0.2, 0) is 0 Å². The number of nitro benzene ring substituents is 2. The van der Waals surface area contributed by atoms with Crippen molar-refractivity contribution < 1.29 is 14.3 Å². The van der Waals surface area contributed by atoms with Gasteiger partial charge in [-0.15, -0.1) is 0 Å². The molecule has 0 atom stereocenters. The summed E-state index contributed by atoms with van der Waals surface area (Å²) >= 11 is 7.25. The van der Waals surface area contributed by atoms with E-state index in [1.165, 1.54) is 24.0 Å². The molecule has 142 valence electrons. The van der Waals surface area contributed by atoms with Gasteiger partial charge >= 0.3 is 5.69 Å². The van der Waals surface area contributed by atoms with Gasteiger partial charge in [0.05, 0.1) is 22.1 Å². The standard InChI is InChI=1S/C17H11ClN4O5S/c18-11-1-5-14(6-2-11)28-17-8-4-13(27-17)10-19-20-15-7-3-12(21(23)24)9-16(15)22(25)26/h1-10,20H/b19-10-. The second kappa shape index (κ2) is 8.55. The summed E-state index contributed by atoms with van der Waals surface area (Å²) in [5, 5.41) is 27.0. The third-order valence-electron chi connectivity index (χ3n) is 3.40. The highest BCUT2D eigenvalue weighted by Crippen LogP contribution is 2.30. The van der Waals surface area contributed by atoms with E-state index < -0.39 is 15.5 Å². The highest BCUT2D eigenvalue weighted by molar-refractivity contribution is 7.99. The Kier molecular flexibility index (Phi) is 5.92. The summed E-state index contributed by atoms with van der Waals surface area (Å²) in [6.45, 7) is 0. The predicted octanol–water partition coefficient (Wildman–Crippen LogP) is 5.35. The molecule has 0 spiro atoms. The molecular weight excluding hydrogens is 408 g/mol. The second-order valence-electron chi connectivity index (χ2n) is 5.30. The maximum absolute atomic E-state index is 11.1. The van der Waals surface area contributed by atoms with Crippen molar-refractivity contribution in [3.8, 4) is 0 Å². The van der Waals surface area contributed by atoms with Crippen molar-refractivity contribution >= 4 is 46.6 Å². The number of halogens is 1. The van der Waals surface area contributed by atoms with Crippen molar-refractivity contribution in [2.75, 3.05) is 5.43 Å². The number of anilines is 1. The van der Waals surface area contributed by atoms with E-state index in [0.717, 1.165) is 17.0 Å². The Morgan fingerprint density at radius 2 is 1.79 bits per heavy atom. The Labute approximate surface area is 167 Å². The van der Waals surface area contributed by atoms with Crippen LogP contribution in [0.1, 0.15) is 5.76 Å². The molecule has 9 nitrogen and oxygen atoms in total. The van der Waals surface area contributed by atoms with E-state index in [0.29, 0.717) is 15.9 Å². The Hall–Kier alpha value is -3.37. The monoisotopic (exact) mass is 418 g/mol. The van der Waals surface area contributed by atoms with Gasteiger partial charge in [-0.05, 0) is 42.5 Å². The number of rotatable bonds is 7. The topological polar surface area (TPSA) is 124 Å². The molecule has 28 heavy (non-hydrogen) atoms. The summed E-state index contributed by atoms with van der Waals surface area (Å²) in [7, 11) is 0. The van der Waals surface area contributed by atoms with Gasteiger partial charge in [0.25, 0.3) is 5.69 Å². The SMILES string of the molecule is O=[N+]([O-])c1ccc(N/N=C\c2ccc(Sc3ccc(Cl)cc3)o2)c([N+](=O)[O-])c1. The molecule has 0 saturated carbocycles. The average molecular weight is 419 g/mol. The van der Waals surface area contributed by atoms with Gasteiger partial charge in [-0.25, -0.2) is 0 Å². The minimum atomic E-state index is -0.724. The van der Waals surface area contributed by atoms with Gasteiger partial charge in [0.1, 0.15) is 11.4 Å². The Balaban J connectivity index is 1.68. The van der Waals surface area contributed by atoms with Crippen molar-refractivity contribution in [3.63, 3.8) is 0 Å². The van der Waals surface area contributed by atoms with Crippen LogP contribution in [0.5, 0.6) is 0 Å². The van der Waals surface area contributed by atoms with Crippen LogP contribution < -0.4 is 5.43 Å². The van der Waals surface area contributed by atoms with Crippen molar-refractivity contribution in [3.05, 3.63) is 85.6 Å². The Morgan fingerprint density at radius 1 is 1.04 bits per heavy atom. The molecule has 0 aliphatic heterocycles. The maximum atomic E-state index is 11.1. The van der Waals surface area contributed by atoms with Crippen molar-refractivity contribution in [2.24, 2.45) is 5.10 Å². The molecule has 2 aromatic carbocycles. The van der Waals surface area contributed by atoms with E-state index in [4.69, 9.17) is 16.0 Å². The number of nitrogens with zero attached hydrogens (tertiary/aromatic N) is 3. The van der Waals surface area contributed by atoms with Gasteiger partial charge in [-0.3, -0.25) is 25.7 Å². The zero-order chi connectivity index (χ0) is 20.1. The zero-order valence-electron chi connectivity index (χ0n) is 13.9. The fraction of sp³-hybridized carbons (Fsp3) is 0. The first-order chi connectivity index (χ1) is 13.4. The Bertz CT molecular complexity index is 1050. The number of nitrogens with one attached hydrogen (secondary N) is 1. The van der Waals surface area contributed by atoms with Crippen LogP contribution in [0.25, 0.3) is 0 Å². The van der Waals surface area contributed by atoms with E-state index >= 15 is 0 Å². The molecule has 11 heteroatoms. The van der Waals surface area contributed by atoms with Crippen LogP contribution in [-0.4, -0.2) is 16.1 Å². The van der Waals surface area contributed by atoms with Gasteiger partial charge in [0.15, 0.2) is 5.09 Å². The first-order valence-electron chi connectivity index (χ1n) is 7.67. The summed E-state index contributed by atoms with van der Waals surface area (Å²) < 4.78 is 5.60. The number of hydrogen-bond acceptors (Lipinski definition) is 8. The highest BCUT2D eigenvalue weighted by atomic mass is 35.5. The lowest BCUT2D eigenvalue weighted by Crippen LogP contribution is -1.98. The summed E-state index contributed by atoms with van der Waals surface area (Å²) in [6, 6.07) is 14.0. The third kappa shape index (κ3) is 4.87. The number of furan rings is 1. The minimum Gasteiger partial charge on any atom is -0.448 e. The lowest BCUT2D eigenvalue weighted by molar-refractivity contribution is -0.393. The van der Waals surface area contributed by atoms with E-state index in [9.17, 15) is 20.2 Å². The second-order valence-corrected chi connectivity index (χ2v) is 6.81. The van der Waals surface area contributed by atoms with Crippen LogP contribution in [0.3, 0.4) is 0 Å². The Morgan fingerprint density at radius 3 is 2.46 bits per heavy atom. The molecule has 0 aliphatic carbocycles. The molecule has 0 bridgehead atoms. The fourth-order valence-corrected chi connectivity index (χ4v) is 3.03. The molecule has 1 N–H and O–H groups in total. The lowest BCUT2D eigenvalue weighted by Gasteiger charge is -2.01. The van der Waals surface area contributed by atoms with E-state index in [2.05, 4.69) is 10.5 Å². The average Bonchev–Trinajstić information content (AvgIpc) is 3.10. The summed E-state index contributed by atoms with van der Waals surface area (Å²) in [5.41, 5.74) is 1.69. The number of benzene rings is 2. The van der Waals surface area contributed by atoms with E-state index in [1.807, 2.05) is 12.1 Å². The summed E-state index contributed by atoms with van der Waals surface area (Å²) in [5.74, 6) is 0.425. The zero-order valence-corrected chi connectivity index (χ0v) is 15.5. The molecule has 0 saturated heterocycles. The normalized spacial score (nSPS) is 10.9. The van der Waals surface area contributed by atoms with Crippen LogP contribution in [0.2, 0.25) is 5.02 Å². The van der Waals surface area contributed by atoms with Gasteiger partial charge in [-0.2, -0.15) is 5.10 Å². The van der Waals surface area contributed by atoms with Crippen LogP contribution >= 0.6 is 23.4 Å². The first kappa shape index (κ1) is 19.4. The van der Waals surface area contributed by atoms with Crippen LogP contribution in [0.4, 0.5) is 17.1 Å². The molecule has 0 aliphatic rings. The maximum Gasteiger partial charge on any atom is 0.301 e. The van der Waals surface area contributed by atoms with Crippen molar-refractivity contribution in [1.29, 1.82) is 0 Å². The van der Waals surface area contributed by atoms with Gasteiger partial charge in [-0.1, -0.05) is 23.4 Å². The fourth-order valence-electron chi connectivity index (χ4n) is 2.12. The van der Waals surface area contributed by atoms with E-state index in [-0.39, 0.29) is 11.4 Å².